The Morgan fingerprint density at radius 2 is 2.20 bits per heavy atom. The zero-order valence-electron chi connectivity index (χ0n) is 9.32. The first kappa shape index (κ1) is 11.8. The summed E-state index contributed by atoms with van der Waals surface area (Å²) in [5, 5.41) is 8.57. The molecule has 1 fully saturated rings. The fourth-order valence-electron chi connectivity index (χ4n) is 1.58. The maximum absolute atomic E-state index is 11.4. The van der Waals surface area contributed by atoms with Gasteiger partial charge in [-0.15, -0.1) is 0 Å². The Morgan fingerprint density at radius 3 is 2.67 bits per heavy atom. The second kappa shape index (κ2) is 4.08. The third kappa shape index (κ3) is 3.77. The Bertz CT molecular complexity index is 269. The summed E-state index contributed by atoms with van der Waals surface area (Å²) in [5.41, 5.74) is -0.00284. The molecular weight excluding hydrogens is 198 g/mol. The molecule has 1 amide bonds. The first-order valence-electron chi connectivity index (χ1n) is 4.95. The molecule has 0 aromatic rings. The minimum Gasteiger partial charge on any atom is -0.481 e. The number of carbonyl (C=O) groups is 2. The third-order valence-electron chi connectivity index (χ3n) is 2.02. The number of carboxylic acids is 1. The van der Waals surface area contributed by atoms with Gasteiger partial charge in [0.15, 0.2) is 0 Å². The summed E-state index contributed by atoms with van der Waals surface area (Å²) in [4.78, 5) is 23.4. The lowest BCUT2D eigenvalue weighted by molar-refractivity contribution is -0.138. The van der Waals surface area contributed by atoms with Gasteiger partial charge in [-0.2, -0.15) is 0 Å². The number of aliphatic carboxylic acids is 1. The predicted molar refractivity (Wildman–Crippen MR) is 53.5 cm³/mol. The van der Waals surface area contributed by atoms with Gasteiger partial charge in [0, 0.05) is 6.54 Å². The Hall–Kier alpha value is -1.26. The van der Waals surface area contributed by atoms with Crippen LogP contribution in [0, 0.1) is 5.41 Å². The van der Waals surface area contributed by atoms with Crippen LogP contribution in [0.25, 0.3) is 0 Å². The molecule has 15 heavy (non-hydrogen) atoms. The van der Waals surface area contributed by atoms with Crippen LogP contribution in [0.2, 0.25) is 0 Å². The number of nitrogens with zero attached hydrogens (tertiary/aromatic N) is 1. The van der Waals surface area contributed by atoms with E-state index in [0.717, 1.165) is 0 Å². The first-order chi connectivity index (χ1) is 6.78. The second-order valence-corrected chi connectivity index (χ2v) is 5.04. The van der Waals surface area contributed by atoms with Gasteiger partial charge < -0.3 is 14.7 Å². The van der Waals surface area contributed by atoms with E-state index in [0.29, 0.717) is 13.1 Å². The van der Waals surface area contributed by atoms with Gasteiger partial charge in [-0.1, -0.05) is 20.8 Å². The van der Waals surface area contributed by atoms with Crippen LogP contribution in [0.15, 0.2) is 0 Å². The van der Waals surface area contributed by atoms with Crippen molar-refractivity contribution >= 4 is 12.1 Å². The first-order valence-corrected chi connectivity index (χ1v) is 4.95. The topological polar surface area (TPSA) is 66.8 Å². The molecule has 0 aromatic heterocycles. The summed E-state index contributed by atoms with van der Waals surface area (Å²) in [5.74, 6) is -0.939. The molecule has 1 rings (SSSR count). The standard InChI is InChI=1S/C10H17NO4/c1-10(2,3)6-11-5-7(4-8(12)13)15-9(11)14/h7H,4-6H2,1-3H3,(H,12,13). The lowest BCUT2D eigenvalue weighted by atomic mass is 9.96. The predicted octanol–water partition coefficient (Wildman–Crippen LogP) is 1.33. The highest BCUT2D eigenvalue weighted by atomic mass is 16.6. The van der Waals surface area contributed by atoms with Gasteiger partial charge in [0.2, 0.25) is 0 Å². The van der Waals surface area contributed by atoms with Crippen molar-refractivity contribution in [3.8, 4) is 0 Å². The van der Waals surface area contributed by atoms with Gasteiger partial charge in [0.05, 0.1) is 13.0 Å². The van der Waals surface area contributed by atoms with Crippen molar-refractivity contribution < 1.29 is 19.4 Å². The Kier molecular flexibility index (Phi) is 3.21. The summed E-state index contributed by atoms with van der Waals surface area (Å²) in [7, 11) is 0. The molecule has 1 N–H and O–H groups in total. The average Bonchev–Trinajstić information content (AvgIpc) is 2.26. The van der Waals surface area contributed by atoms with Crippen molar-refractivity contribution in [2.75, 3.05) is 13.1 Å². The van der Waals surface area contributed by atoms with Gasteiger partial charge in [0.1, 0.15) is 6.10 Å². The van der Waals surface area contributed by atoms with E-state index in [9.17, 15) is 9.59 Å². The molecule has 1 heterocycles. The maximum atomic E-state index is 11.4. The number of cyclic esters (lactones) is 1. The van der Waals surface area contributed by atoms with E-state index in [1.54, 1.807) is 4.90 Å². The number of hydrogen-bond acceptors (Lipinski definition) is 3. The van der Waals surface area contributed by atoms with Crippen molar-refractivity contribution in [3.63, 3.8) is 0 Å². The van der Waals surface area contributed by atoms with Crippen LogP contribution in [-0.4, -0.2) is 41.3 Å². The Morgan fingerprint density at radius 1 is 1.60 bits per heavy atom. The average molecular weight is 215 g/mol. The quantitative estimate of drug-likeness (QED) is 0.771. The molecule has 0 radical (unpaired) electrons. The van der Waals surface area contributed by atoms with Crippen LogP contribution in [0.3, 0.4) is 0 Å². The molecule has 0 aromatic carbocycles. The summed E-state index contributed by atoms with van der Waals surface area (Å²) in [6.07, 6.45) is -1.03. The highest BCUT2D eigenvalue weighted by molar-refractivity contribution is 5.72. The molecule has 1 saturated heterocycles. The minimum absolute atomic E-state index is 0.00284. The molecule has 0 spiro atoms. The van der Waals surface area contributed by atoms with Crippen molar-refractivity contribution in [1.29, 1.82) is 0 Å². The fraction of sp³-hybridized carbons (Fsp3) is 0.800. The van der Waals surface area contributed by atoms with E-state index in [4.69, 9.17) is 9.84 Å². The van der Waals surface area contributed by atoms with Crippen LogP contribution in [-0.2, 0) is 9.53 Å². The zero-order chi connectivity index (χ0) is 11.6. The third-order valence-corrected chi connectivity index (χ3v) is 2.02. The van der Waals surface area contributed by atoms with E-state index in [2.05, 4.69) is 0 Å². The molecule has 0 aliphatic carbocycles. The van der Waals surface area contributed by atoms with E-state index in [-0.39, 0.29) is 11.8 Å². The van der Waals surface area contributed by atoms with Crippen LogP contribution in [0.5, 0.6) is 0 Å². The molecule has 5 nitrogen and oxygen atoms in total. The number of ether oxygens (including phenoxy) is 1. The van der Waals surface area contributed by atoms with Crippen LogP contribution >= 0.6 is 0 Å². The highest BCUT2D eigenvalue weighted by Gasteiger charge is 2.34. The van der Waals surface area contributed by atoms with E-state index in [1.165, 1.54) is 0 Å². The molecule has 1 aliphatic rings. The highest BCUT2D eigenvalue weighted by Crippen LogP contribution is 2.21. The molecule has 0 bridgehead atoms. The maximum Gasteiger partial charge on any atom is 0.410 e. The largest absolute Gasteiger partial charge is 0.481 e. The van der Waals surface area contributed by atoms with Gasteiger partial charge in [-0.25, -0.2) is 4.79 Å². The Balaban J connectivity index is 2.50. The Labute approximate surface area is 89.0 Å². The van der Waals surface area contributed by atoms with Gasteiger partial charge in [-0.05, 0) is 5.41 Å². The lowest BCUT2D eigenvalue weighted by Crippen LogP contribution is -2.34. The lowest BCUT2D eigenvalue weighted by Gasteiger charge is -2.24. The number of carboxylic acid groups (broad SMARTS) is 1. The molecule has 1 atom stereocenters. The normalized spacial score (nSPS) is 21.7. The van der Waals surface area contributed by atoms with E-state index < -0.39 is 18.2 Å². The SMILES string of the molecule is CC(C)(C)CN1CC(CC(=O)O)OC1=O. The number of rotatable bonds is 3. The monoisotopic (exact) mass is 215 g/mol. The van der Waals surface area contributed by atoms with Gasteiger partial charge >= 0.3 is 12.1 Å². The summed E-state index contributed by atoms with van der Waals surface area (Å²) in [6, 6.07) is 0. The summed E-state index contributed by atoms with van der Waals surface area (Å²) < 4.78 is 4.94. The minimum atomic E-state index is -0.939. The van der Waals surface area contributed by atoms with Crippen molar-refractivity contribution in [2.45, 2.75) is 33.3 Å². The number of hydrogen-bond donors (Lipinski definition) is 1. The second-order valence-electron chi connectivity index (χ2n) is 5.04. The number of carbonyl (C=O) groups excluding carboxylic acids is 1. The molecule has 1 unspecified atom stereocenters. The smallest absolute Gasteiger partial charge is 0.410 e. The zero-order valence-corrected chi connectivity index (χ0v) is 9.32. The molecular formula is C10H17NO4. The molecule has 5 heteroatoms. The molecule has 86 valence electrons. The van der Waals surface area contributed by atoms with Gasteiger partial charge in [0.25, 0.3) is 0 Å². The summed E-state index contributed by atoms with van der Waals surface area (Å²) >= 11 is 0. The molecule has 0 saturated carbocycles. The summed E-state index contributed by atoms with van der Waals surface area (Å²) in [6.45, 7) is 7.02. The fourth-order valence-corrected chi connectivity index (χ4v) is 1.58. The number of amides is 1. The van der Waals surface area contributed by atoms with Crippen LogP contribution in [0.1, 0.15) is 27.2 Å². The van der Waals surface area contributed by atoms with Crippen LogP contribution in [0.4, 0.5) is 4.79 Å². The van der Waals surface area contributed by atoms with Crippen molar-refractivity contribution in [3.05, 3.63) is 0 Å². The van der Waals surface area contributed by atoms with Crippen molar-refractivity contribution in [2.24, 2.45) is 5.41 Å². The van der Waals surface area contributed by atoms with Gasteiger partial charge in [-0.3, -0.25) is 4.79 Å². The molecule has 1 aliphatic heterocycles. The van der Waals surface area contributed by atoms with Crippen LogP contribution < -0.4 is 0 Å². The van der Waals surface area contributed by atoms with E-state index in [1.807, 2.05) is 20.8 Å². The van der Waals surface area contributed by atoms with E-state index >= 15 is 0 Å². The van der Waals surface area contributed by atoms with Crippen molar-refractivity contribution in [1.82, 2.24) is 4.90 Å².